The van der Waals surface area contributed by atoms with E-state index < -0.39 is 10.0 Å². The van der Waals surface area contributed by atoms with Gasteiger partial charge in [-0.15, -0.1) is 6.58 Å². The molecule has 2 aromatic rings. The predicted octanol–water partition coefficient (Wildman–Crippen LogP) is 2.81. The lowest BCUT2D eigenvalue weighted by Gasteiger charge is -2.23. The summed E-state index contributed by atoms with van der Waals surface area (Å²) < 4.78 is 48.6. The smallest absolute Gasteiger partial charge is 0.264 e. The van der Waals surface area contributed by atoms with Crippen LogP contribution in [-0.2, 0) is 10.0 Å². The van der Waals surface area contributed by atoms with Crippen molar-refractivity contribution in [3.63, 3.8) is 0 Å². The fraction of sp³-hybridized carbons (Fsp3) is 0.222. The van der Waals surface area contributed by atoms with Gasteiger partial charge in [0.05, 0.1) is 31.3 Å². The molecule has 1 heterocycles. The fourth-order valence-electron chi connectivity index (χ4n) is 2.60. The van der Waals surface area contributed by atoms with Gasteiger partial charge in [0.1, 0.15) is 0 Å². The van der Waals surface area contributed by atoms with Crippen molar-refractivity contribution in [1.29, 1.82) is 0 Å². The number of hydrogen-bond donors (Lipinski definition) is 0. The van der Waals surface area contributed by atoms with Gasteiger partial charge in [0.15, 0.2) is 23.0 Å². The van der Waals surface area contributed by atoms with Gasteiger partial charge in [-0.2, -0.15) is 0 Å². The molecule has 0 unspecified atom stereocenters. The van der Waals surface area contributed by atoms with E-state index >= 15 is 0 Å². The SMILES string of the molecule is C=CCN(c1ccc2c(c1)OCO2)S(=O)(=O)c1ccc(OC)c(OC)c1. The Morgan fingerprint density at radius 2 is 1.81 bits per heavy atom. The minimum atomic E-state index is -3.86. The van der Waals surface area contributed by atoms with Crippen molar-refractivity contribution in [1.82, 2.24) is 0 Å². The van der Waals surface area contributed by atoms with Crippen LogP contribution >= 0.6 is 0 Å². The molecule has 138 valence electrons. The van der Waals surface area contributed by atoms with Gasteiger partial charge in [-0.3, -0.25) is 4.31 Å². The second-order valence-electron chi connectivity index (χ2n) is 5.38. The van der Waals surface area contributed by atoms with Crippen molar-refractivity contribution >= 4 is 15.7 Å². The van der Waals surface area contributed by atoms with Gasteiger partial charge >= 0.3 is 0 Å². The van der Waals surface area contributed by atoms with E-state index in [0.29, 0.717) is 28.7 Å². The maximum atomic E-state index is 13.2. The Hall–Kier alpha value is -2.87. The third-order valence-electron chi connectivity index (χ3n) is 3.88. The van der Waals surface area contributed by atoms with Crippen molar-refractivity contribution < 1.29 is 27.4 Å². The Morgan fingerprint density at radius 1 is 1.08 bits per heavy atom. The van der Waals surface area contributed by atoms with Crippen molar-refractivity contribution in [3.8, 4) is 23.0 Å². The summed E-state index contributed by atoms with van der Waals surface area (Å²) in [4.78, 5) is 0.0784. The van der Waals surface area contributed by atoms with E-state index in [1.807, 2.05) is 0 Å². The second-order valence-corrected chi connectivity index (χ2v) is 7.24. The first-order chi connectivity index (χ1) is 12.5. The molecule has 0 fully saturated rings. The van der Waals surface area contributed by atoms with Crippen LogP contribution in [0, 0.1) is 0 Å². The standard InChI is InChI=1S/C18H19NO6S/c1-4-9-19(13-5-7-16-18(10-13)25-12-24-16)26(20,21)14-6-8-15(22-2)17(11-14)23-3/h4-8,10-11H,1,9,12H2,2-3H3. The van der Waals surface area contributed by atoms with E-state index in [9.17, 15) is 8.42 Å². The molecule has 3 rings (SSSR count). The van der Waals surface area contributed by atoms with E-state index in [2.05, 4.69) is 6.58 Å². The number of anilines is 1. The monoisotopic (exact) mass is 377 g/mol. The highest BCUT2D eigenvalue weighted by Crippen LogP contribution is 2.38. The Morgan fingerprint density at radius 3 is 2.50 bits per heavy atom. The fourth-order valence-corrected chi connectivity index (χ4v) is 4.05. The molecule has 7 nitrogen and oxygen atoms in total. The maximum Gasteiger partial charge on any atom is 0.264 e. The molecule has 0 saturated carbocycles. The molecule has 1 aliphatic heterocycles. The van der Waals surface area contributed by atoms with E-state index in [1.165, 1.54) is 36.7 Å². The average molecular weight is 377 g/mol. The highest BCUT2D eigenvalue weighted by Gasteiger charge is 2.27. The minimum Gasteiger partial charge on any atom is -0.493 e. The van der Waals surface area contributed by atoms with Gasteiger partial charge in [-0.1, -0.05) is 6.08 Å². The number of sulfonamides is 1. The zero-order chi connectivity index (χ0) is 18.7. The highest BCUT2D eigenvalue weighted by molar-refractivity contribution is 7.92. The number of ether oxygens (including phenoxy) is 4. The molecule has 26 heavy (non-hydrogen) atoms. The zero-order valence-electron chi connectivity index (χ0n) is 14.5. The zero-order valence-corrected chi connectivity index (χ0v) is 15.3. The molecule has 0 amide bonds. The number of methoxy groups -OCH3 is 2. The summed E-state index contributed by atoms with van der Waals surface area (Å²) in [5.74, 6) is 1.86. The van der Waals surface area contributed by atoms with Crippen molar-refractivity contribution in [2.75, 3.05) is 31.9 Å². The molecule has 0 saturated heterocycles. The number of rotatable bonds is 7. The molecule has 8 heteroatoms. The van der Waals surface area contributed by atoms with Gasteiger partial charge in [0, 0.05) is 12.1 Å². The maximum absolute atomic E-state index is 13.2. The minimum absolute atomic E-state index is 0.0784. The number of fused-ring (bicyclic) bond motifs is 1. The predicted molar refractivity (Wildman–Crippen MR) is 96.8 cm³/mol. The summed E-state index contributed by atoms with van der Waals surface area (Å²) in [7, 11) is -0.920. The summed E-state index contributed by atoms with van der Waals surface area (Å²) in [5, 5.41) is 0. The second kappa shape index (κ2) is 7.17. The molecule has 0 aromatic heterocycles. The summed E-state index contributed by atoms with van der Waals surface area (Å²) in [6, 6.07) is 9.42. The Bertz CT molecular complexity index is 925. The van der Waals surface area contributed by atoms with E-state index in [4.69, 9.17) is 18.9 Å². The number of benzene rings is 2. The molecule has 0 radical (unpaired) electrons. The van der Waals surface area contributed by atoms with Crippen LogP contribution in [0.3, 0.4) is 0 Å². The van der Waals surface area contributed by atoms with Crippen molar-refractivity contribution in [2.24, 2.45) is 0 Å². The average Bonchev–Trinajstić information content (AvgIpc) is 3.13. The lowest BCUT2D eigenvalue weighted by molar-refractivity contribution is 0.174. The third-order valence-corrected chi connectivity index (χ3v) is 5.67. The highest BCUT2D eigenvalue weighted by atomic mass is 32.2. The Kier molecular flexibility index (Phi) is 4.94. The quantitative estimate of drug-likeness (QED) is 0.691. The molecule has 2 aromatic carbocycles. The van der Waals surface area contributed by atoms with Crippen molar-refractivity contribution in [2.45, 2.75) is 4.90 Å². The first-order valence-electron chi connectivity index (χ1n) is 7.76. The van der Waals surface area contributed by atoms with E-state index in [1.54, 1.807) is 24.3 Å². The number of hydrogen-bond acceptors (Lipinski definition) is 6. The summed E-state index contributed by atoms with van der Waals surface area (Å²) in [5.41, 5.74) is 0.448. The molecular weight excluding hydrogens is 358 g/mol. The van der Waals surface area contributed by atoms with E-state index in [-0.39, 0.29) is 18.2 Å². The van der Waals surface area contributed by atoms with Crippen molar-refractivity contribution in [3.05, 3.63) is 49.1 Å². The normalized spacial score (nSPS) is 12.5. The van der Waals surface area contributed by atoms with Crippen LogP contribution in [0.2, 0.25) is 0 Å². The molecule has 0 aliphatic carbocycles. The van der Waals surface area contributed by atoms with Crippen LogP contribution in [0.1, 0.15) is 0 Å². The van der Waals surface area contributed by atoms with Gasteiger partial charge in [0.2, 0.25) is 6.79 Å². The van der Waals surface area contributed by atoms with Crippen LogP contribution in [-0.4, -0.2) is 36.0 Å². The summed E-state index contributed by atoms with van der Waals surface area (Å²) >= 11 is 0. The van der Waals surface area contributed by atoms with Crippen LogP contribution in [0.25, 0.3) is 0 Å². The van der Waals surface area contributed by atoms with Gasteiger partial charge in [-0.05, 0) is 24.3 Å². The first kappa shape index (κ1) is 17.9. The Balaban J connectivity index is 2.05. The molecule has 1 aliphatic rings. The Labute approximate surface area is 152 Å². The van der Waals surface area contributed by atoms with Crippen LogP contribution in [0.4, 0.5) is 5.69 Å². The molecule has 0 N–H and O–H groups in total. The third kappa shape index (κ3) is 3.15. The van der Waals surface area contributed by atoms with E-state index in [0.717, 1.165) is 0 Å². The largest absolute Gasteiger partial charge is 0.493 e. The summed E-state index contributed by atoms with van der Waals surface area (Å²) in [6.07, 6.45) is 1.52. The molecule has 0 spiro atoms. The molecular formula is C18H19NO6S. The van der Waals surface area contributed by atoms with Crippen LogP contribution in [0.15, 0.2) is 53.9 Å². The molecule has 0 bridgehead atoms. The lowest BCUT2D eigenvalue weighted by atomic mass is 10.3. The van der Waals surface area contributed by atoms with Crippen LogP contribution < -0.4 is 23.3 Å². The summed E-state index contributed by atoms with van der Waals surface area (Å²) in [6.45, 7) is 3.87. The molecule has 0 atom stereocenters. The lowest BCUT2D eigenvalue weighted by Crippen LogP contribution is -2.31. The van der Waals surface area contributed by atoms with Gasteiger partial charge in [0.25, 0.3) is 10.0 Å². The first-order valence-corrected chi connectivity index (χ1v) is 9.20. The van der Waals surface area contributed by atoms with Gasteiger partial charge < -0.3 is 18.9 Å². The van der Waals surface area contributed by atoms with Gasteiger partial charge in [-0.25, -0.2) is 8.42 Å². The topological polar surface area (TPSA) is 74.3 Å². The number of nitrogens with zero attached hydrogens (tertiary/aromatic N) is 1. The van der Waals surface area contributed by atoms with Crippen LogP contribution in [0.5, 0.6) is 23.0 Å².